The van der Waals surface area contributed by atoms with Crippen molar-refractivity contribution in [1.82, 2.24) is 0 Å². The molecule has 0 bridgehead atoms. The summed E-state index contributed by atoms with van der Waals surface area (Å²) in [5.41, 5.74) is 2.05. The third kappa shape index (κ3) is 3.39. The zero-order chi connectivity index (χ0) is 16.2. The maximum absolute atomic E-state index is 13.0. The third-order valence-electron chi connectivity index (χ3n) is 3.40. The number of hydrogen-bond donors (Lipinski definition) is 0. The fourth-order valence-corrected chi connectivity index (χ4v) is 2.59. The summed E-state index contributed by atoms with van der Waals surface area (Å²) >= 11 is 12.0. The minimum atomic E-state index is -0.166. The fourth-order valence-electron chi connectivity index (χ4n) is 2.30. The van der Waals surface area contributed by atoms with Crippen LogP contribution in [0.25, 0.3) is 0 Å². The van der Waals surface area contributed by atoms with Crippen LogP contribution in [0.5, 0.6) is 0 Å². The Hall–Kier alpha value is -2.29. The van der Waals surface area contributed by atoms with Crippen LogP contribution in [-0.2, 0) is 0 Å². The molecule has 3 aromatic carbocycles. The summed E-state index contributed by atoms with van der Waals surface area (Å²) in [7, 11) is 0. The SMILES string of the molecule is O=C(c1ccc(Cl)c(Cl)c1)N(c1ccccc1)c1ccccc1. The van der Waals surface area contributed by atoms with Crippen LogP contribution in [0.2, 0.25) is 10.0 Å². The summed E-state index contributed by atoms with van der Waals surface area (Å²) in [5, 5.41) is 0.785. The van der Waals surface area contributed by atoms with E-state index in [0.717, 1.165) is 11.4 Å². The lowest BCUT2D eigenvalue weighted by Crippen LogP contribution is -2.25. The molecular formula is C19H13Cl2NO. The van der Waals surface area contributed by atoms with E-state index in [-0.39, 0.29) is 5.91 Å². The zero-order valence-corrected chi connectivity index (χ0v) is 13.6. The minimum absolute atomic E-state index is 0.166. The highest BCUT2D eigenvalue weighted by atomic mass is 35.5. The lowest BCUT2D eigenvalue weighted by Gasteiger charge is -2.23. The van der Waals surface area contributed by atoms with Gasteiger partial charge in [0.25, 0.3) is 5.91 Å². The quantitative estimate of drug-likeness (QED) is 0.574. The summed E-state index contributed by atoms with van der Waals surface area (Å²) in [6.45, 7) is 0. The Labute approximate surface area is 144 Å². The molecule has 0 aliphatic carbocycles. The summed E-state index contributed by atoms with van der Waals surface area (Å²) < 4.78 is 0. The number of halogens is 2. The van der Waals surface area contributed by atoms with Gasteiger partial charge in [0, 0.05) is 16.9 Å². The molecule has 0 spiro atoms. The maximum Gasteiger partial charge on any atom is 0.262 e. The van der Waals surface area contributed by atoms with Gasteiger partial charge < -0.3 is 0 Å². The molecular weight excluding hydrogens is 329 g/mol. The molecule has 0 atom stereocenters. The first kappa shape index (κ1) is 15.6. The van der Waals surface area contributed by atoms with Gasteiger partial charge in [0.05, 0.1) is 10.0 Å². The Morgan fingerprint density at radius 3 is 1.70 bits per heavy atom. The van der Waals surface area contributed by atoms with Crippen molar-refractivity contribution in [3.8, 4) is 0 Å². The topological polar surface area (TPSA) is 20.3 Å². The second kappa shape index (κ2) is 6.86. The van der Waals surface area contributed by atoms with Gasteiger partial charge >= 0.3 is 0 Å². The van der Waals surface area contributed by atoms with E-state index in [4.69, 9.17) is 23.2 Å². The van der Waals surface area contributed by atoms with Crippen molar-refractivity contribution in [1.29, 1.82) is 0 Å². The van der Waals surface area contributed by atoms with Crippen molar-refractivity contribution in [2.45, 2.75) is 0 Å². The van der Waals surface area contributed by atoms with Gasteiger partial charge in [-0.2, -0.15) is 0 Å². The Morgan fingerprint density at radius 2 is 1.22 bits per heavy atom. The molecule has 2 nitrogen and oxygen atoms in total. The predicted molar refractivity (Wildman–Crippen MR) is 95.8 cm³/mol. The van der Waals surface area contributed by atoms with Gasteiger partial charge in [0.2, 0.25) is 0 Å². The average Bonchev–Trinajstić information content (AvgIpc) is 2.59. The molecule has 0 radical (unpaired) electrons. The number of benzene rings is 3. The number of hydrogen-bond acceptors (Lipinski definition) is 1. The highest BCUT2D eigenvalue weighted by molar-refractivity contribution is 6.42. The highest BCUT2D eigenvalue weighted by Gasteiger charge is 2.20. The van der Waals surface area contributed by atoms with Gasteiger partial charge in [-0.1, -0.05) is 59.6 Å². The number of nitrogens with zero attached hydrogens (tertiary/aromatic N) is 1. The van der Waals surface area contributed by atoms with E-state index in [1.807, 2.05) is 60.7 Å². The minimum Gasteiger partial charge on any atom is -0.277 e. The number of para-hydroxylation sites is 2. The predicted octanol–water partition coefficient (Wildman–Crippen LogP) is 5.97. The van der Waals surface area contributed by atoms with Crippen LogP contribution < -0.4 is 4.90 Å². The van der Waals surface area contributed by atoms with E-state index < -0.39 is 0 Å². The number of carbonyl (C=O) groups is 1. The van der Waals surface area contributed by atoms with E-state index in [0.29, 0.717) is 15.6 Å². The normalized spacial score (nSPS) is 10.3. The molecule has 0 aromatic heterocycles. The first-order valence-corrected chi connectivity index (χ1v) is 7.82. The average molecular weight is 342 g/mol. The molecule has 3 aromatic rings. The van der Waals surface area contributed by atoms with Crippen LogP contribution in [0.15, 0.2) is 78.9 Å². The standard InChI is InChI=1S/C19H13Cl2NO/c20-17-12-11-14(13-18(17)21)19(23)22(15-7-3-1-4-8-15)16-9-5-2-6-10-16/h1-13H. The Morgan fingerprint density at radius 1 is 0.696 bits per heavy atom. The number of carbonyl (C=O) groups excluding carboxylic acids is 1. The molecule has 0 aliphatic rings. The molecule has 1 amide bonds. The summed E-state index contributed by atoms with van der Waals surface area (Å²) in [6.07, 6.45) is 0. The van der Waals surface area contributed by atoms with Gasteiger partial charge in [-0.25, -0.2) is 0 Å². The van der Waals surface area contributed by atoms with E-state index in [9.17, 15) is 4.79 Å². The number of anilines is 2. The Balaban J connectivity index is 2.08. The Bertz CT molecular complexity index is 780. The molecule has 0 saturated carbocycles. The smallest absolute Gasteiger partial charge is 0.262 e. The molecule has 3 rings (SSSR count). The first-order chi connectivity index (χ1) is 11.2. The third-order valence-corrected chi connectivity index (χ3v) is 4.14. The van der Waals surface area contributed by atoms with Gasteiger partial charge in [-0.15, -0.1) is 0 Å². The van der Waals surface area contributed by atoms with Crippen molar-refractivity contribution in [3.63, 3.8) is 0 Å². The maximum atomic E-state index is 13.0. The zero-order valence-electron chi connectivity index (χ0n) is 12.1. The molecule has 4 heteroatoms. The van der Waals surface area contributed by atoms with Crippen molar-refractivity contribution < 1.29 is 4.79 Å². The van der Waals surface area contributed by atoms with Crippen LogP contribution in [0.4, 0.5) is 11.4 Å². The summed E-state index contributed by atoms with van der Waals surface area (Å²) in [5.74, 6) is -0.166. The van der Waals surface area contributed by atoms with Gasteiger partial charge in [-0.05, 0) is 42.5 Å². The van der Waals surface area contributed by atoms with Crippen molar-refractivity contribution >= 4 is 40.5 Å². The summed E-state index contributed by atoms with van der Waals surface area (Å²) in [6, 6.07) is 23.9. The van der Waals surface area contributed by atoms with Crippen molar-refractivity contribution in [2.24, 2.45) is 0 Å². The first-order valence-electron chi connectivity index (χ1n) is 7.06. The van der Waals surface area contributed by atoms with E-state index in [2.05, 4.69) is 0 Å². The largest absolute Gasteiger partial charge is 0.277 e. The monoisotopic (exact) mass is 341 g/mol. The van der Waals surface area contributed by atoms with Crippen LogP contribution in [0, 0.1) is 0 Å². The lowest BCUT2D eigenvalue weighted by molar-refractivity contribution is 0.0999. The molecule has 0 unspecified atom stereocenters. The van der Waals surface area contributed by atoms with Crippen LogP contribution in [0.1, 0.15) is 10.4 Å². The molecule has 114 valence electrons. The molecule has 0 fully saturated rings. The lowest BCUT2D eigenvalue weighted by atomic mass is 10.1. The Kier molecular flexibility index (Phi) is 4.65. The van der Waals surface area contributed by atoms with Crippen LogP contribution in [-0.4, -0.2) is 5.91 Å². The van der Waals surface area contributed by atoms with Gasteiger partial charge in [0.15, 0.2) is 0 Å². The fraction of sp³-hybridized carbons (Fsp3) is 0. The van der Waals surface area contributed by atoms with Crippen molar-refractivity contribution in [3.05, 3.63) is 94.5 Å². The summed E-state index contributed by atoms with van der Waals surface area (Å²) in [4.78, 5) is 14.7. The number of amides is 1. The van der Waals surface area contributed by atoms with Crippen LogP contribution >= 0.6 is 23.2 Å². The highest BCUT2D eigenvalue weighted by Crippen LogP contribution is 2.29. The molecule has 0 N–H and O–H groups in total. The molecule has 0 heterocycles. The van der Waals surface area contributed by atoms with E-state index >= 15 is 0 Å². The second-order valence-electron chi connectivity index (χ2n) is 4.94. The molecule has 23 heavy (non-hydrogen) atoms. The van der Waals surface area contributed by atoms with E-state index in [1.165, 1.54) is 0 Å². The second-order valence-corrected chi connectivity index (χ2v) is 5.75. The number of rotatable bonds is 3. The van der Waals surface area contributed by atoms with E-state index in [1.54, 1.807) is 23.1 Å². The van der Waals surface area contributed by atoms with Crippen LogP contribution in [0.3, 0.4) is 0 Å². The molecule has 0 saturated heterocycles. The molecule has 0 aliphatic heterocycles. The van der Waals surface area contributed by atoms with Gasteiger partial charge in [-0.3, -0.25) is 9.69 Å². The van der Waals surface area contributed by atoms with Crippen molar-refractivity contribution in [2.75, 3.05) is 4.90 Å². The van der Waals surface area contributed by atoms with Gasteiger partial charge in [0.1, 0.15) is 0 Å².